The zero-order valence-electron chi connectivity index (χ0n) is 17.7. The van der Waals surface area contributed by atoms with Gasteiger partial charge in [0.1, 0.15) is 28.7 Å². The fraction of sp³-hybridized carbons (Fsp3) is 0.435. The van der Waals surface area contributed by atoms with Crippen LogP contribution in [0.2, 0.25) is 0 Å². The van der Waals surface area contributed by atoms with Gasteiger partial charge in [-0.25, -0.2) is 13.2 Å². The summed E-state index contributed by atoms with van der Waals surface area (Å²) in [5.41, 5.74) is -0.958. The van der Waals surface area contributed by atoms with E-state index in [1.807, 2.05) is 0 Å². The smallest absolute Gasteiger partial charge is 0.273 e. The lowest BCUT2D eigenvalue weighted by atomic mass is 9.76. The number of nitrogens with one attached hydrogen (secondary N) is 1. The fourth-order valence-corrected chi connectivity index (χ4v) is 5.68. The molecule has 172 valence electrons. The molecule has 2 aliphatic heterocycles. The third kappa shape index (κ3) is 2.76. The standard InChI is InChI=1S/C23H20F3N3O4/c1-10-19-22(32)29-16-6-23(16)3-2-17(23)33-18(29)9-28(19)8-13(20(10)30)21(31)27-7-12-14(25)4-11(24)5-15(12)26/h4-5,8,16-18H,2-3,6-7,9H2,1H3,(H,27,31)/t16-,17-,18-,23?/m1/s1. The fourth-order valence-electron chi connectivity index (χ4n) is 5.68. The van der Waals surface area contributed by atoms with Crippen LogP contribution in [-0.2, 0) is 17.8 Å². The van der Waals surface area contributed by atoms with E-state index in [4.69, 9.17) is 4.74 Å². The molecule has 7 nitrogen and oxygen atoms in total. The molecule has 3 heterocycles. The van der Waals surface area contributed by atoms with Crippen LogP contribution in [-0.4, -0.2) is 39.7 Å². The molecule has 1 N–H and O–H groups in total. The Hall–Kier alpha value is -3.14. The van der Waals surface area contributed by atoms with Crippen molar-refractivity contribution in [2.45, 2.75) is 57.6 Å². The zero-order chi connectivity index (χ0) is 23.2. The Morgan fingerprint density at radius 3 is 2.64 bits per heavy atom. The highest BCUT2D eigenvalue weighted by molar-refractivity contribution is 5.98. The lowest BCUT2D eigenvalue weighted by Crippen LogP contribution is -2.61. The Kier molecular flexibility index (Phi) is 4.15. The molecule has 1 unspecified atom stereocenters. The maximum absolute atomic E-state index is 13.9. The first kappa shape index (κ1) is 20.5. The SMILES string of the molecule is Cc1c2n(cc(C(=O)NCc3c(F)cc(F)cc3F)c1=O)C[C@H]1O[C@@H]3CCC34C[C@H]4N1C2=O. The first-order valence-corrected chi connectivity index (χ1v) is 10.8. The van der Waals surface area contributed by atoms with Crippen LogP contribution in [0.15, 0.2) is 23.1 Å². The van der Waals surface area contributed by atoms with Gasteiger partial charge in [0.2, 0.25) is 0 Å². The van der Waals surface area contributed by atoms with Crippen molar-refractivity contribution >= 4 is 11.8 Å². The van der Waals surface area contributed by atoms with E-state index < -0.39 is 47.1 Å². The van der Waals surface area contributed by atoms with Crippen molar-refractivity contribution in [1.29, 1.82) is 0 Å². The molecular formula is C23H20F3N3O4. The summed E-state index contributed by atoms with van der Waals surface area (Å²) in [5, 5.41) is 2.31. The summed E-state index contributed by atoms with van der Waals surface area (Å²) in [6.45, 7) is 1.20. The Bertz CT molecular complexity index is 1290. The molecule has 4 aliphatic rings. The lowest BCUT2D eigenvalue weighted by molar-refractivity contribution is -0.196. The van der Waals surface area contributed by atoms with Crippen LogP contribution in [0.1, 0.15) is 51.2 Å². The van der Waals surface area contributed by atoms with Crippen LogP contribution >= 0.6 is 0 Å². The molecule has 33 heavy (non-hydrogen) atoms. The molecule has 0 radical (unpaired) electrons. The van der Waals surface area contributed by atoms with Gasteiger partial charge in [-0.05, 0) is 26.2 Å². The molecule has 3 fully saturated rings. The predicted octanol–water partition coefficient (Wildman–Crippen LogP) is 2.24. The summed E-state index contributed by atoms with van der Waals surface area (Å²) in [6, 6.07) is 1.16. The lowest BCUT2D eigenvalue weighted by Gasteiger charge is -2.51. The summed E-state index contributed by atoms with van der Waals surface area (Å²) in [4.78, 5) is 40.7. The summed E-state index contributed by atoms with van der Waals surface area (Å²) < 4.78 is 48.6. The number of carbonyl (C=O) groups excluding carboxylic acids is 2. The average molecular weight is 459 g/mol. The largest absolute Gasteiger partial charge is 0.352 e. The van der Waals surface area contributed by atoms with Crippen molar-refractivity contribution < 1.29 is 27.5 Å². The second-order valence-electron chi connectivity index (χ2n) is 9.31. The highest BCUT2D eigenvalue weighted by Crippen LogP contribution is 2.67. The minimum atomic E-state index is -1.14. The van der Waals surface area contributed by atoms with Crippen molar-refractivity contribution in [2.75, 3.05) is 0 Å². The van der Waals surface area contributed by atoms with Gasteiger partial charge >= 0.3 is 0 Å². The molecule has 1 saturated heterocycles. The zero-order valence-corrected chi connectivity index (χ0v) is 17.7. The van der Waals surface area contributed by atoms with Gasteiger partial charge in [0.15, 0.2) is 11.7 Å². The quantitative estimate of drug-likeness (QED) is 0.764. The van der Waals surface area contributed by atoms with Gasteiger partial charge in [-0.1, -0.05) is 0 Å². The number of hydrogen-bond acceptors (Lipinski definition) is 4. The number of amides is 2. The molecule has 2 aliphatic carbocycles. The monoisotopic (exact) mass is 459 g/mol. The molecule has 2 aromatic rings. The Labute approximate surface area is 186 Å². The minimum absolute atomic E-state index is 0.0766. The normalized spacial score (nSPS) is 28.8. The number of hydrogen-bond donors (Lipinski definition) is 1. The van der Waals surface area contributed by atoms with Crippen LogP contribution in [0.25, 0.3) is 0 Å². The van der Waals surface area contributed by atoms with Gasteiger partial charge in [0, 0.05) is 47.5 Å². The molecule has 10 heteroatoms. The predicted molar refractivity (Wildman–Crippen MR) is 108 cm³/mol. The van der Waals surface area contributed by atoms with Crippen molar-refractivity contribution in [1.82, 2.24) is 14.8 Å². The number of pyridine rings is 1. The first-order chi connectivity index (χ1) is 15.7. The number of ether oxygens (including phenoxy) is 1. The van der Waals surface area contributed by atoms with Crippen LogP contribution in [0, 0.1) is 29.8 Å². The molecule has 2 amide bonds. The first-order valence-electron chi connectivity index (χ1n) is 10.8. The molecular weight excluding hydrogens is 439 g/mol. The third-order valence-corrected chi connectivity index (χ3v) is 7.64. The Morgan fingerprint density at radius 2 is 1.97 bits per heavy atom. The second-order valence-corrected chi connectivity index (χ2v) is 9.31. The highest BCUT2D eigenvalue weighted by Gasteiger charge is 2.72. The van der Waals surface area contributed by atoms with Crippen LogP contribution in [0.4, 0.5) is 13.2 Å². The van der Waals surface area contributed by atoms with Crippen LogP contribution in [0.5, 0.6) is 0 Å². The van der Waals surface area contributed by atoms with E-state index >= 15 is 0 Å². The van der Waals surface area contributed by atoms with Crippen molar-refractivity contribution in [2.24, 2.45) is 5.41 Å². The Balaban J connectivity index is 1.29. The molecule has 2 saturated carbocycles. The summed E-state index contributed by atoms with van der Waals surface area (Å²) in [6.07, 6.45) is 3.90. The van der Waals surface area contributed by atoms with E-state index in [1.165, 1.54) is 13.1 Å². The van der Waals surface area contributed by atoms with Crippen molar-refractivity contribution in [3.05, 3.63) is 68.4 Å². The maximum atomic E-state index is 13.9. The number of fused-ring (bicyclic) bond motifs is 3. The minimum Gasteiger partial charge on any atom is -0.352 e. The van der Waals surface area contributed by atoms with E-state index in [9.17, 15) is 27.6 Å². The maximum Gasteiger partial charge on any atom is 0.273 e. The number of nitrogens with zero attached hydrogens (tertiary/aromatic N) is 2. The molecule has 6 rings (SSSR count). The van der Waals surface area contributed by atoms with Gasteiger partial charge in [0.25, 0.3) is 11.8 Å². The van der Waals surface area contributed by atoms with Crippen molar-refractivity contribution in [3.8, 4) is 0 Å². The van der Waals surface area contributed by atoms with Crippen LogP contribution in [0.3, 0.4) is 0 Å². The number of aromatic nitrogens is 1. The van der Waals surface area contributed by atoms with Gasteiger partial charge in [-0.15, -0.1) is 0 Å². The number of benzene rings is 1. The topological polar surface area (TPSA) is 80.6 Å². The molecule has 0 bridgehead atoms. The highest BCUT2D eigenvalue weighted by atomic mass is 19.1. The molecule has 1 aromatic heterocycles. The van der Waals surface area contributed by atoms with E-state index in [1.54, 1.807) is 9.47 Å². The van der Waals surface area contributed by atoms with Gasteiger partial charge in [-0.3, -0.25) is 14.4 Å². The Morgan fingerprint density at radius 1 is 1.24 bits per heavy atom. The second kappa shape index (κ2) is 6.69. The number of carbonyl (C=O) groups is 2. The van der Waals surface area contributed by atoms with Gasteiger partial charge in [0.05, 0.1) is 12.6 Å². The number of rotatable bonds is 3. The van der Waals surface area contributed by atoms with Gasteiger partial charge in [-0.2, -0.15) is 0 Å². The third-order valence-electron chi connectivity index (χ3n) is 7.64. The van der Waals surface area contributed by atoms with E-state index in [0.717, 1.165) is 19.3 Å². The molecule has 1 aromatic carbocycles. The van der Waals surface area contributed by atoms with Crippen molar-refractivity contribution in [3.63, 3.8) is 0 Å². The molecule has 4 atom stereocenters. The summed E-state index contributed by atoms with van der Waals surface area (Å²) >= 11 is 0. The number of halogens is 3. The van der Waals surface area contributed by atoms with E-state index in [-0.39, 0.29) is 46.8 Å². The molecule has 1 spiro atoms. The van der Waals surface area contributed by atoms with Crippen LogP contribution < -0.4 is 10.7 Å². The van der Waals surface area contributed by atoms with E-state index in [2.05, 4.69) is 5.32 Å². The van der Waals surface area contributed by atoms with E-state index in [0.29, 0.717) is 12.1 Å². The average Bonchev–Trinajstić information content (AvgIpc) is 3.50. The summed E-state index contributed by atoms with van der Waals surface area (Å²) in [5.74, 6) is -4.48. The van der Waals surface area contributed by atoms with Gasteiger partial charge < -0.3 is 19.5 Å². The summed E-state index contributed by atoms with van der Waals surface area (Å²) in [7, 11) is 0.